The van der Waals surface area contributed by atoms with Crippen molar-refractivity contribution in [1.82, 2.24) is 4.98 Å². The third-order valence-corrected chi connectivity index (χ3v) is 4.72. The number of H-pyrrole nitrogens is 1. The van der Waals surface area contributed by atoms with Crippen molar-refractivity contribution in [3.8, 4) is 6.07 Å². The van der Waals surface area contributed by atoms with Crippen molar-refractivity contribution in [2.45, 2.75) is 27.7 Å². The molecule has 3 rings (SSSR count). The second kappa shape index (κ2) is 8.39. The predicted octanol–water partition coefficient (Wildman–Crippen LogP) is 6.11. The second-order valence-electron chi connectivity index (χ2n) is 5.72. The summed E-state index contributed by atoms with van der Waals surface area (Å²) in [7, 11) is 0. The Bertz CT molecular complexity index is 1090. The fraction of sp³-hybridized carbons (Fsp3) is 0.190. The highest BCUT2D eigenvalue weighted by atomic mass is 35.5. The SMILES string of the molecule is CC.CC(=O)c1ccc(Cl)c(C(=O)c2cc3c(C)cc(C#N)cc3[nH]2)c1Cl. The van der Waals surface area contributed by atoms with Crippen LogP contribution >= 0.6 is 23.2 Å². The number of nitrogens with zero attached hydrogens (tertiary/aromatic N) is 1. The molecule has 0 radical (unpaired) electrons. The van der Waals surface area contributed by atoms with Gasteiger partial charge in [0, 0.05) is 16.5 Å². The van der Waals surface area contributed by atoms with E-state index in [9.17, 15) is 9.59 Å². The van der Waals surface area contributed by atoms with Gasteiger partial charge in [-0.2, -0.15) is 5.26 Å². The number of hydrogen-bond donors (Lipinski definition) is 1. The van der Waals surface area contributed by atoms with Crippen molar-refractivity contribution in [2.24, 2.45) is 0 Å². The lowest BCUT2D eigenvalue weighted by atomic mass is 10.0. The average molecular weight is 401 g/mol. The van der Waals surface area contributed by atoms with E-state index in [1.807, 2.05) is 20.8 Å². The van der Waals surface area contributed by atoms with Gasteiger partial charge in [0.25, 0.3) is 0 Å². The number of Topliss-reactive ketones (excluding diaryl/α,β-unsaturated/α-hetero) is 1. The molecule has 27 heavy (non-hydrogen) atoms. The van der Waals surface area contributed by atoms with E-state index in [2.05, 4.69) is 11.1 Å². The molecule has 0 bridgehead atoms. The fourth-order valence-electron chi connectivity index (χ4n) is 2.77. The number of hydrogen-bond acceptors (Lipinski definition) is 3. The molecule has 0 aliphatic carbocycles. The first-order valence-electron chi connectivity index (χ1n) is 8.40. The van der Waals surface area contributed by atoms with Crippen LogP contribution in [0.2, 0.25) is 10.0 Å². The number of rotatable bonds is 3. The summed E-state index contributed by atoms with van der Waals surface area (Å²) in [4.78, 5) is 27.6. The summed E-state index contributed by atoms with van der Waals surface area (Å²) >= 11 is 12.4. The number of halogens is 2. The summed E-state index contributed by atoms with van der Waals surface area (Å²) in [5.41, 5.74) is 2.67. The number of nitriles is 1. The topological polar surface area (TPSA) is 73.7 Å². The highest BCUT2D eigenvalue weighted by Crippen LogP contribution is 2.32. The minimum absolute atomic E-state index is 0.0399. The van der Waals surface area contributed by atoms with Gasteiger partial charge in [-0.05, 0) is 49.7 Å². The zero-order valence-corrected chi connectivity index (χ0v) is 16.9. The van der Waals surface area contributed by atoms with Gasteiger partial charge in [0.15, 0.2) is 5.78 Å². The summed E-state index contributed by atoms with van der Waals surface area (Å²) in [6, 6.07) is 10.2. The molecule has 6 heteroatoms. The number of nitrogens with one attached hydrogen (secondary N) is 1. The van der Waals surface area contributed by atoms with Crippen molar-refractivity contribution in [3.63, 3.8) is 0 Å². The van der Waals surface area contributed by atoms with Crippen LogP contribution in [0.3, 0.4) is 0 Å². The molecule has 1 N–H and O–H groups in total. The van der Waals surface area contributed by atoms with Gasteiger partial charge in [0.2, 0.25) is 5.78 Å². The van der Waals surface area contributed by atoms with Crippen LogP contribution in [-0.2, 0) is 0 Å². The molecule has 3 aromatic rings. The molecule has 0 saturated carbocycles. The Morgan fingerprint density at radius 3 is 2.37 bits per heavy atom. The maximum Gasteiger partial charge on any atom is 0.212 e. The Kier molecular flexibility index (Phi) is 6.43. The first-order chi connectivity index (χ1) is 12.8. The van der Waals surface area contributed by atoms with Crippen LogP contribution in [-0.4, -0.2) is 16.6 Å². The lowest BCUT2D eigenvalue weighted by Gasteiger charge is -2.08. The van der Waals surface area contributed by atoms with Crippen molar-refractivity contribution >= 4 is 45.7 Å². The quantitative estimate of drug-likeness (QED) is 0.538. The van der Waals surface area contributed by atoms with E-state index in [1.54, 1.807) is 18.2 Å². The number of aromatic amines is 1. The third-order valence-electron chi connectivity index (χ3n) is 4.02. The molecular weight excluding hydrogens is 383 g/mol. The van der Waals surface area contributed by atoms with Crippen LogP contribution < -0.4 is 0 Å². The summed E-state index contributed by atoms with van der Waals surface area (Å²) in [6.45, 7) is 7.24. The van der Waals surface area contributed by atoms with Crippen molar-refractivity contribution in [3.05, 3.63) is 68.3 Å². The van der Waals surface area contributed by atoms with Crippen LogP contribution in [0.5, 0.6) is 0 Å². The minimum Gasteiger partial charge on any atom is -0.352 e. The molecule has 0 saturated heterocycles. The molecule has 0 amide bonds. The number of carbonyl (C=O) groups excluding carboxylic acids is 2. The lowest BCUT2D eigenvalue weighted by Crippen LogP contribution is -2.07. The Morgan fingerprint density at radius 2 is 1.78 bits per heavy atom. The molecular formula is C21H18Cl2N2O2. The minimum atomic E-state index is -0.410. The normalized spacial score (nSPS) is 10.1. The van der Waals surface area contributed by atoms with Crippen molar-refractivity contribution < 1.29 is 9.59 Å². The molecule has 0 spiro atoms. The van der Waals surface area contributed by atoms with E-state index in [4.69, 9.17) is 28.5 Å². The van der Waals surface area contributed by atoms with Crippen LogP contribution in [0.4, 0.5) is 0 Å². The molecule has 0 fully saturated rings. The van der Waals surface area contributed by atoms with Crippen LogP contribution in [0.25, 0.3) is 10.9 Å². The maximum absolute atomic E-state index is 12.9. The summed E-state index contributed by atoms with van der Waals surface area (Å²) < 4.78 is 0. The second-order valence-corrected chi connectivity index (χ2v) is 6.50. The first-order valence-corrected chi connectivity index (χ1v) is 9.16. The molecule has 0 aliphatic heterocycles. The van der Waals surface area contributed by atoms with Crippen molar-refractivity contribution in [2.75, 3.05) is 0 Å². The molecule has 1 aromatic heterocycles. The highest BCUT2D eigenvalue weighted by Gasteiger charge is 2.22. The largest absolute Gasteiger partial charge is 0.352 e. The van der Waals surface area contributed by atoms with E-state index in [-0.39, 0.29) is 32.6 Å². The molecule has 1 heterocycles. The standard InChI is InChI=1S/C19H12Cl2N2O2.C2H6/c1-9-5-11(8-22)6-15-13(9)7-16(23-15)19(25)17-14(20)4-3-12(10(2)24)18(17)21;1-2/h3-7,23H,1-2H3;1-2H3. The zero-order valence-electron chi connectivity index (χ0n) is 15.4. The molecule has 2 aromatic carbocycles. The number of fused-ring (bicyclic) bond motifs is 1. The summed E-state index contributed by atoms with van der Waals surface area (Å²) in [5.74, 6) is -0.658. The predicted molar refractivity (Wildman–Crippen MR) is 109 cm³/mol. The van der Waals surface area contributed by atoms with Crippen LogP contribution in [0, 0.1) is 18.3 Å². The lowest BCUT2D eigenvalue weighted by molar-refractivity contribution is 0.101. The Balaban J connectivity index is 0.00000126. The van der Waals surface area contributed by atoms with E-state index >= 15 is 0 Å². The molecule has 0 atom stereocenters. The van der Waals surface area contributed by atoms with E-state index < -0.39 is 5.78 Å². The van der Waals surface area contributed by atoms with E-state index in [0.717, 1.165) is 10.9 Å². The third kappa shape index (κ3) is 3.90. The molecule has 0 aliphatic rings. The summed E-state index contributed by atoms with van der Waals surface area (Å²) in [6.07, 6.45) is 0. The van der Waals surface area contributed by atoms with Gasteiger partial charge in [0.05, 0.1) is 32.9 Å². The molecule has 0 unspecified atom stereocenters. The van der Waals surface area contributed by atoms with E-state index in [1.165, 1.54) is 19.1 Å². The smallest absolute Gasteiger partial charge is 0.212 e. The number of aromatic nitrogens is 1. The van der Waals surface area contributed by atoms with Crippen LogP contribution in [0.15, 0.2) is 30.3 Å². The highest BCUT2D eigenvalue weighted by molar-refractivity contribution is 6.42. The van der Waals surface area contributed by atoms with Gasteiger partial charge >= 0.3 is 0 Å². The van der Waals surface area contributed by atoms with Crippen molar-refractivity contribution in [1.29, 1.82) is 5.26 Å². The molecule has 4 nitrogen and oxygen atoms in total. The monoisotopic (exact) mass is 400 g/mol. The van der Waals surface area contributed by atoms with Gasteiger partial charge in [-0.15, -0.1) is 0 Å². The van der Waals surface area contributed by atoms with Gasteiger partial charge in [-0.25, -0.2) is 0 Å². The first kappa shape index (κ1) is 20.7. The summed E-state index contributed by atoms with van der Waals surface area (Å²) in [5, 5.41) is 10.1. The number of aryl methyl sites for hydroxylation is 1. The number of benzene rings is 2. The Hall–Kier alpha value is -2.61. The van der Waals surface area contributed by atoms with Gasteiger partial charge in [0.1, 0.15) is 0 Å². The molecule has 138 valence electrons. The number of carbonyl (C=O) groups is 2. The van der Waals surface area contributed by atoms with Gasteiger partial charge in [-0.1, -0.05) is 37.0 Å². The van der Waals surface area contributed by atoms with E-state index in [0.29, 0.717) is 11.1 Å². The van der Waals surface area contributed by atoms with Gasteiger partial charge in [-0.3, -0.25) is 9.59 Å². The Morgan fingerprint density at radius 1 is 1.11 bits per heavy atom. The number of ketones is 2. The average Bonchev–Trinajstić information content (AvgIpc) is 3.07. The van der Waals surface area contributed by atoms with Crippen LogP contribution in [0.1, 0.15) is 58.3 Å². The Labute approximate surface area is 167 Å². The van der Waals surface area contributed by atoms with Gasteiger partial charge < -0.3 is 4.98 Å². The maximum atomic E-state index is 12.9. The fourth-order valence-corrected chi connectivity index (χ4v) is 3.45. The zero-order chi connectivity index (χ0) is 20.3.